The number of rotatable bonds is 5. The molecule has 0 aliphatic rings. The average molecular weight is 939 g/mol. The van der Waals surface area contributed by atoms with E-state index in [-0.39, 0.29) is 0 Å². The van der Waals surface area contributed by atoms with Crippen molar-refractivity contribution in [2.75, 3.05) is 0 Å². The van der Waals surface area contributed by atoms with Crippen LogP contribution >= 0.6 is 0 Å². The molecule has 0 amide bonds. The van der Waals surface area contributed by atoms with Crippen LogP contribution in [0, 0.1) is 0 Å². The van der Waals surface area contributed by atoms with Gasteiger partial charge in [-0.25, -0.2) is 0 Å². The summed E-state index contributed by atoms with van der Waals surface area (Å²) < 4.78 is 13.4. The van der Waals surface area contributed by atoms with Crippen LogP contribution in [-0.4, -0.2) is 0 Å². The van der Waals surface area contributed by atoms with Crippen LogP contribution in [0.2, 0.25) is 0 Å². The van der Waals surface area contributed by atoms with E-state index in [1.165, 1.54) is 98.0 Å². The molecule has 0 bridgehead atoms. The van der Waals surface area contributed by atoms with E-state index in [0.29, 0.717) is 0 Å². The summed E-state index contributed by atoms with van der Waals surface area (Å²) in [6, 6.07) is 93.1. The first-order chi connectivity index (χ1) is 36.7. The molecule has 0 unspecified atom stereocenters. The Labute approximate surface area is 425 Å². The Bertz CT molecular complexity index is 4910. The van der Waals surface area contributed by atoms with Gasteiger partial charge in [-0.1, -0.05) is 212 Å². The largest absolute Gasteiger partial charge is 0.456 e. The highest BCUT2D eigenvalue weighted by Gasteiger charge is 2.23. The van der Waals surface area contributed by atoms with Gasteiger partial charge in [-0.15, -0.1) is 0 Å². The summed E-state index contributed by atoms with van der Waals surface area (Å²) in [6.45, 7) is 0. The van der Waals surface area contributed by atoms with Crippen LogP contribution in [0.4, 0.5) is 0 Å². The average Bonchev–Trinajstić information content (AvgIpc) is 4.06. The second-order valence-electron chi connectivity index (χ2n) is 19.8. The molecule has 14 aromatic carbocycles. The smallest absolute Gasteiger partial charge is 0.143 e. The zero-order chi connectivity index (χ0) is 48.4. The maximum Gasteiger partial charge on any atom is 0.143 e. The summed E-state index contributed by atoms with van der Waals surface area (Å²) in [5.74, 6) is 0. The minimum Gasteiger partial charge on any atom is -0.456 e. The second kappa shape index (κ2) is 15.9. The standard InChI is InChI=1S/C72H42O2/c1-2-16-45-39-47(35-32-43(45)15-1)67-53-18-3-5-20-55(53)68(56-21-6-4-19-54(56)67)48-36-33-44-31-34-46(40-50(44)41-48)51-26-14-30-66-71(51)62-28-13-27-61(72(62)74-66)70-59-24-9-7-22-57(59)69(58-23-8-10-25-60(58)70)49-37-38-65-63(42-49)52-17-11-12-29-64(52)73-65/h1-42H. The van der Waals surface area contributed by atoms with Crippen molar-refractivity contribution in [3.05, 3.63) is 255 Å². The van der Waals surface area contributed by atoms with Crippen LogP contribution < -0.4 is 0 Å². The van der Waals surface area contributed by atoms with Crippen molar-refractivity contribution in [3.63, 3.8) is 0 Å². The summed E-state index contributed by atoms with van der Waals surface area (Å²) >= 11 is 0. The fraction of sp³-hybridized carbons (Fsp3) is 0. The normalized spacial score (nSPS) is 12.1. The zero-order valence-corrected chi connectivity index (χ0v) is 40.1. The van der Waals surface area contributed by atoms with E-state index in [1.54, 1.807) is 0 Å². The van der Waals surface area contributed by atoms with Gasteiger partial charge in [0.15, 0.2) is 0 Å². The molecule has 2 nitrogen and oxygen atoms in total. The van der Waals surface area contributed by atoms with Crippen LogP contribution in [-0.2, 0) is 0 Å². The third kappa shape index (κ3) is 6.06. The number of fused-ring (bicyclic) bond motifs is 12. The molecule has 2 aromatic heterocycles. The fourth-order valence-corrected chi connectivity index (χ4v) is 12.6. The van der Waals surface area contributed by atoms with Crippen molar-refractivity contribution < 1.29 is 8.83 Å². The van der Waals surface area contributed by atoms with Gasteiger partial charge in [0.25, 0.3) is 0 Å². The molecular formula is C72H42O2. The molecule has 0 saturated carbocycles. The third-order valence-electron chi connectivity index (χ3n) is 15.8. The second-order valence-corrected chi connectivity index (χ2v) is 19.8. The highest BCUT2D eigenvalue weighted by atomic mass is 16.3. The summed E-state index contributed by atoms with van der Waals surface area (Å²) in [5.41, 5.74) is 15.4. The molecule has 0 fully saturated rings. The summed E-state index contributed by atoms with van der Waals surface area (Å²) in [6.07, 6.45) is 0. The molecule has 2 heteroatoms. The topological polar surface area (TPSA) is 26.3 Å². The highest BCUT2D eigenvalue weighted by Crippen LogP contribution is 2.49. The number of hydrogen-bond acceptors (Lipinski definition) is 2. The molecule has 0 saturated heterocycles. The Kier molecular flexibility index (Phi) is 8.78. The van der Waals surface area contributed by atoms with Gasteiger partial charge in [-0.2, -0.15) is 0 Å². The first kappa shape index (κ1) is 40.9. The highest BCUT2D eigenvalue weighted by molar-refractivity contribution is 6.26. The van der Waals surface area contributed by atoms with Gasteiger partial charge >= 0.3 is 0 Å². The summed E-state index contributed by atoms with van der Waals surface area (Å²) in [5, 5.41) is 19.1. The van der Waals surface area contributed by atoms with Crippen LogP contribution in [0.1, 0.15) is 0 Å². The molecule has 0 atom stereocenters. The molecule has 16 aromatic rings. The van der Waals surface area contributed by atoms with Crippen molar-refractivity contribution in [1.29, 1.82) is 0 Å². The lowest BCUT2D eigenvalue weighted by Gasteiger charge is -2.18. The van der Waals surface area contributed by atoms with E-state index in [2.05, 4.69) is 243 Å². The first-order valence-electron chi connectivity index (χ1n) is 25.5. The quantitative estimate of drug-likeness (QED) is 0.161. The van der Waals surface area contributed by atoms with Gasteiger partial charge in [0.05, 0.1) is 0 Å². The van der Waals surface area contributed by atoms with Crippen molar-refractivity contribution in [2.45, 2.75) is 0 Å². The lowest BCUT2D eigenvalue weighted by molar-refractivity contribution is 0.669. The van der Waals surface area contributed by atoms with Gasteiger partial charge in [-0.3, -0.25) is 0 Å². The minimum atomic E-state index is 0.870. The van der Waals surface area contributed by atoms with E-state index in [9.17, 15) is 0 Å². The minimum absolute atomic E-state index is 0.870. The molecule has 16 rings (SSSR count). The van der Waals surface area contributed by atoms with Crippen LogP contribution in [0.25, 0.3) is 164 Å². The van der Waals surface area contributed by atoms with Crippen LogP contribution in [0.5, 0.6) is 0 Å². The lowest BCUT2D eigenvalue weighted by Crippen LogP contribution is -1.91. The lowest BCUT2D eigenvalue weighted by atomic mass is 9.85. The molecular weight excluding hydrogens is 897 g/mol. The van der Waals surface area contributed by atoms with E-state index in [4.69, 9.17) is 8.83 Å². The van der Waals surface area contributed by atoms with Gasteiger partial charge in [0.1, 0.15) is 22.3 Å². The molecule has 0 radical (unpaired) electrons. The maximum absolute atomic E-state index is 7.09. The van der Waals surface area contributed by atoms with E-state index in [1.807, 2.05) is 12.1 Å². The Morgan fingerprint density at radius 3 is 1.23 bits per heavy atom. The number of furan rings is 2. The monoisotopic (exact) mass is 938 g/mol. The molecule has 0 aliphatic carbocycles. The third-order valence-corrected chi connectivity index (χ3v) is 15.8. The SMILES string of the molecule is c1ccc2cc(-c3c4ccccc4c(-c4ccc5ccc(-c6cccc7oc8c(-c9c%10ccccc%10c(-c%10ccc%11oc%12ccccc%12c%11c%10)c%10ccccc9%10)cccc8c67)cc5c4)c4ccccc34)ccc2c1. The predicted octanol–water partition coefficient (Wildman–Crippen LogP) is 20.7. The number of para-hydroxylation sites is 2. The van der Waals surface area contributed by atoms with Crippen molar-refractivity contribution >= 4 is 109 Å². The Morgan fingerprint density at radius 2 is 0.608 bits per heavy atom. The van der Waals surface area contributed by atoms with E-state index < -0.39 is 0 Å². The molecule has 0 N–H and O–H groups in total. The maximum atomic E-state index is 7.09. The summed E-state index contributed by atoms with van der Waals surface area (Å²) in [4.78, 5) is 0. The molecule has 2 heterocycles. The Hall–Kier alpha value is -9.76. The van der Waals surface area contributed by atoms with Gasteiger partial charge in [0.2, 0.25) is 0 Å². The van der Waals surface area contributed by atoms with Crippen molar-refractivity contribution in [1.82, 2.24) is 0 Å². The fourth-order valence-electron chi connectivity index (χ4n) is 12.6. The van der Waals surface area contributed by atoms with Gasteiger partial charge in [0, 0.05) is 32.7 Å². The van der Waals surface area contributed by atoms with Gasteiger partial charge in [-0.05, 0) is 152 Å². The number of benzene rings is 14. The first-order valence-corrected chi connectivity index (χ1v) is 25.5. The Morgan fingerprint density at radius 1 is 0.203 bits per heavy atom. The van der Waals surface area contributed by atoms with Crippen molar-refractivity contribution in [2.24, 2.45) is 0 Å². The Balaban J connectivity index is 0.858. The zero-order valence-electron chi connectivity index (χ0n) is 40.1. The van der Waals surface area contributed by atoms with Crippen LogP contribution in [0.15, 0.2) is 264 Å². The van der Waals surface area contributed by atoms with Crippen molar-refractivity contribution in [3.8, 4) is 55.6 Å². The van der Waals surface area contributed by atoms with Gasteiger partial charge < -0.3 is 8.83 Å². The molecule has 0 aliphatic heterocycles. The summed E-state index contributed by atoms with van der Waals surface area (Å²) in [7, 11) is 0. The molecule has 74 heavy (non-hydrogen) atoms. The number of hydrogen-bond donors (Lipinski definition) is 0. The van der Waals surface area contributed by atoms with Crippen LogP contribution in [0.3, 0.4) is 0 Å². The van der Waals surface area contributed by atoms with E-state index >= 15 is 0 Å². The van der Waals surface area contributed by atoms with E-state index in [0.717, 1.165) is 66.1 Å². The molecule has 342 valence electrons. The molecule has 0 spiro atoms. The predicted molar refractivity (Wildman–Crippen MR) is 313 cm³/mol.